The van der Waals surface area contributed by atoms with Crippen LogP contribution in [0.2, 0.25) is 5.15 Å². The van der Waals surface area contributed by atoms with Crippen molar-refractivity contribution in [2.75, 3.05) is 0 Å². The summed E-state index contributed by atoms with van der Waals surface area (Å²) >= 11 is 6.01. The normalized spacial score (nSPS) is 11.6. The van der Waals surface area contributed by atoms with E-state index in [9.17, 15) is 4.79 Å². The number of pyridine rings is 1. The lowest BCUT2D eigenvalue weighted by Crippen LogP contribution is -2.42. The lowest BCUT2D eigenvalue weighted by Gasteiger charge is -2.19. The molecule has 0 radical (unpaired) electrons. The van der Waals surface area contributed by atoms with Crippen molar-refractivity contribution in [1.29, 1.82) is 0 Å². The number of ether oxygens (including phenoxy) is 1. The predicted octanol–water partition coefficient (Wildman–Crippen LogP) is 2.87. The summed E-state index contributed by atoms with van der Waals surface area (Å²) in [6.45, 7) is 5.63. The molecule has 0 bridgehead atoms. The highest BCUT2D eigenvalue weighted by Crippen LogP contribution is 2.21. The van der Waals surface area contributed by atoms with E-state index in [4.69, 9.17) is 16.3 Å². The minimum atomic E-state index is -0.512. The Morgan fingerprint density at radius 2 is 2.17 bits per heavy atom. The van der Waals surface area contributed by atoms with Crippen LogP contribution in [0.5, 0.6) is 5.75 Å². The molecule has 0 atom stereocenters. The van der Waals surface area contributed by atoms with Crippen molar-refractivity contribution < 1.29 is 9.53 Å². The Kier molecular flexibility index (Phi) is 3.17. The highest BCUT2D eigenvalue weighted by Gasteiger charge is 2.15. The topological polar surface area (TPSA) is 55.6 Å². The van der Waals surface area contributed by atoms with Gasteiger partial charge in [-0.05, 0) is 26.8 Å². The van der Waals surface area contributed by atoms with E-state index in [-0.39, 0.29) is 5.54 Å². The van der Waals surface area contributed by atoms with Crippen molar-refractivity contribution >= 4 is 23.2 Å². The minimum Gasteiger partial charge on any atom is -0.410 e. The van der Waals surface area contributed by atoms with Crippen molar-refractivity contribution in [2.45, 2.75) is 26.3 Å². The Balaban J connectivity index is 2.19. The summed E-state index contributed by atoms with van der Waals surface area (Å²) in [5.74, 6) is 0.384. The van der Waals surface area contributed by atoms with Crippen molar-refractivity contribution in [1.82, 2.24) is 14.9 Å². The van der Waals surface area contributed by atoms with Crippen LogP contribution in [0.1, 0.15) is 20.8 Å². The standard InChI is InChI=1S/C12H14ClN3O2/c1-12(2,3)15-11(17)18-9-6-8-4-5-14-16(8)10(13)7-9/h4-7H,1-3H3,(H,15,17). The van der Waals surface area contributed by atoms with Crippen LogP contribution in [0.4, 0.5) is 4.79 Å². The molecule has 0 saturated heterocycles. The summed E-state index contributed by atoms with van der Waals surface area (Å²) < 4.78 is 6.72. The fourth-order valence-corrected chi connectivity index (χ4v) is 1.71. The Labute approximate surface area is 110 Å². The average molecular weight is 268 g/mol. The van der Waals surface area contributed by atoms with E-state index in [1.54, 1.807) is 28.9 Å². The van der Waals surface area contributed by atoms with Crippen LogP contribution < -0.4 is 10.1 Å². The van der Waals surface area contributed by atoms with E-state index >= 15 is 0 Å². The summed E-state index contributed by atoms with van der Waals surface area (Å²) in [5, 5.41) is 7.11. The summed E-state index contributed by atoms with van der Waals surface area (Å²) in [4.78, 5) is 11.6. The molecule has 5 nitrogen and oxygen atoms in total. The molecule has 0 aromatic carbocycles. The molecule has 0 spiro atoms. The van der Waals surface area contributed by atoms with Crippen LogP contribution in [-0.2, 0) is 0 Å². The lowest BCUT2D eigenvalue weighted by molar-refractivity contribution is 0.190. The third-order valence-corrected chi connectivity index (χ3v) is 2.38. The number of carbonyl (C=O) groups is 1. The fourth-order valence-electron chi connectivity index (χ4n) is 1.46. The molecular formula is C12H14ClN3O2. The minimum absolute atomic E-state index is 0.346. The number of nitrogens with zero attached hydrogens (tertiary/aromatic N) is 2. The van der Waals surface area contributed by atoms with Crippen LogP contribution in [0, 0.1) is 0 Å². The molecule has 0 aliphatic heterocycles. The quantitative estimate of drug-likeness (QED) is 0.809. The molecule has 6 heteroatoms. The highest BCUT2D eigenvalue weighted by atomic mass is 35.5. The number of hydrogen-bond donors (Lipinski definition) is 1. The molecule has 96 valence electrons. The summed E-state index contributed by atoms with van der Waals surface area (Å²) in [6, 6.07) is 5.02. The lowest BCUT2D eigenvalue weighted by atomic mass is 10.1. The smallest absolute Gasteiger partial charge is 0.410 e. The first-order valence-electron chi connectivity index (χ1n) is 5.48. The third kappa shape index (κ3) is 2.92. The zero-order valence-electron chi connectivity index (χ0n) is 10.4. The van der Waals surface area contributed by atoms with Crippen LogP contribution in [0.25, 0.3) is 5.52 Å². The maximum atomic E-state index is 11.6. The number of carbonyl (C=O) groups excluding carboxylic acids is 1. The van der Waals surface area contributed by atoms with Crippen LogP contribution in [0.15, 0.2) is 24.4 Å². The molecule has 1 N–H and O–H groups in total. The first kappa shape index (κ1) is 12.7. The van der Waals surface area contributed by atoms with Gasteiger partial charge in [-0.1, -0.05) is 11.6 Å². The van der Waals surface area contributed by atoms with Gasteiger partial charge in [0.25, 0.3) is 0 Å². The Bertz CT molecular complexity index is 587. The van der Waals surface area contributed by atoms with E-state index < -0.39 is 6.09 Å². The number of halogens is 1. The summed E-state index contributed by atoms with van der Waals surface area (Å²) in [5.41, 5.74) is 0.419. The van der Waals surface area contributed by atoms with Gasteiger partial charge in [0.15, 0.2) is 0 Å². The number of nitrogens with one attached hydrogen (secondary N) is 1. The Morgan fingerprint density at radius 3 is 2.83 bits per heavy atom. The molecule has 0 fully saturated rings. The van der Waals surface area contributed by atoms with E-state index in [0.29, 0.717) is 10.9 Å². The molecule has 0 aliphatic carbocycles. The average Bonchev–Trinajstić information content (AvgIpc) is 2.62. The predicted molar refractivity (Wildman–Crippen MR) is 69.1 cm³/mol. The number of rotatable bonds is 1. The van der Waals surface area contributed by atoms with Crippen molar-refractivity contribution in [3.05, 3.63) is 29.5 Å². The zero-order valence-corrected chi connectivity index (χ0v) is 11.2. The summed E-state index contributed by atoms with van der Waals surface area (Å²) in [6.07, 6.45) is 1.11. The van der Waals surface area contributed by atoms with Crippen molar-refractivity contribution in [3.63, 3.8) is 0 Å². The largest absolute Gasteiger partial charge is 0.413 e. The molecule has 18 heavy (non-hydrogen) atoms. The van der Waals surface area contributed by atoms with Crippen molar-refractivity contribution in [3.8, 4) is 5.75 Å². The first-order chi connectivity index (χ1) is 8.35. The second-order valence-corrected chi connectivity index (χ2v) is 5.33. The van der Waals surface area contributed by atoms with E-state index in [2.05, 4.69) is 10.4 Å². The monoisotopic (exact) mass is 267 g/mol. The molecule has 2 aromatic rings. The van der Waals surface area contributed by atoms with Gasteiger partial charge in [0, 0.05) is 17.7 Å². The molecule has 2 rings (SSSR count). The van der Waals surface area contributed by atoms with Gasteiger partial charge in [0.05, 0.1) is 11.7 Å². The molecule has 2 aromatic heterocycles. The number of aromatic nitrogens is 2. The van der Waals surface area contributed by atoms with Gasteiger partial charge < -0.3 is 10.1 Å². The van der Waals surface area contributed by atoms with E-state index in [1.807, 2.05) is 20.8 Å². The maximum absolute atomic E-state index is 11.6. The number of amides is 1. The first-order valence-corrected chi connectivity index (χ1v) is 5.86. The second kappa shape index (κ2) is 4.49. The van der Waals surface area contributed by atoms with E-state index in [0.717, 1.165) is 5.52 Å². The van der Waals surface area contributed by atoms with Gasteiger partial charge >= 0.3 is 6.09 Å². The Hall–Kier alpha value is -1.75. The molecule has 0 saturated carbocycles. The van der Waals surface area contributed by atoms with Crippen molar-refractivity contribution in [2.24, 2.45) is 0 Å². The van der Waals surface area contributed by atoms with E-state index in [1.165, 1.54) is 0 Å². The highest BCUT2D eigenvalue weighted by molar-refractivity contribution is 6.29. The Morgan fingerprint density at radius 1 is 1.44 bits per heavy atom. The fraction of sp³-hybridized carbons (Fsp3) is 0.333. The third-order valence-electron chi connectivity index (χ3n) is 2.11. The van der Waals surface area contributed by atoms with Gasteiger partial charge in [-0.25, -0.2) is 9.31 Å². The van der Waals surface area contributed by atoms with Gasteiger partial charge in [-0.2, -0.15) is 5.10 Å². The van der Waals surface area contributed by atoms with Crippen LogP contribution in [0.3, 0.4) is 0 Å². The zero-order chi connectivity index (χ0) is 13.3. The van der Waals surface area contributed by atoms with Gasteiger partial charge in [0.1, 0.15) is 10.9 Å². The van der Waals surface area contributed by atoms with Crippen LogP contribution in [-0.4, -0.2) is 21.2 Å². The van der Waals surface area contributed by atoms with Gasteiger partial charge in [-0.3, -0.25) is 0 Å². The molecule has 0 unspecified atom stereocenters. The maximum Gasteiger partial charge on any atom is 0.413 e. The number of fused-ring (bicyclic) bond motifs is 1. The molecular weight excluding hydrogens is 254 g/mol. The molecule has 0 aliphatic rings. The molecule has 1 amide bonds. The van der Waals surface area contributed by atoms with Gasteiger partial charge in [0.2, 0.25) is 0 Å². The summed E-state index contributed by atoms with van der Waals surface area (Å²) in [7, 11) is 0. The number of hydrogen-bond acceptors (Lipinski definition) is 3. The van der Waals surface area contributed by atoms with Crippen LogP contribution >= 0.6 is 11.6 Å². The van der Waals surface area contributed by atoms with Gasteiger partial charge in [-0.15, -0.1) is 0 Å². The second-order valence-electron chi connectivity index (χ2n) is 4.95. The SMILES string of the molecule is CC(C)(C)NC(=O)Oc1cc(Cl)n2nccc2c1. The molecule has 2 heterocycles.